The van der Waals surface area contributed by atoms with Crippen LogP contribution in [-0.2, 0) is 9.53 Å². The van der Waals surface area contributed by atoms with E-state index in [0.29, 0.717) is 18.7 Å². The van der Waals surface area contributed by atoms with E-state index in [1.807, 2.05) is 0 Å². The van der Waals surface area contributed by atoms with Gasteiger partial charge in [-0.25, -0.2) is 4.79 Å². The first-order valence-electron chi connectivity index (χ1n) is 9.25. The van der Waals surface area contributed by atoms with Gasteiger partial charge in [0.1, 0.15) is 0 Å². The van der Waals surface area contributed by atoms with Crippen LogP contribution in [0, 0.1) is 0 Å². The Morgan fingerprint density at radius 1 is 1.12 bits per heavy atom. The van der Waals surface area contributed by atoms with Crippen LogP contribution < -0.4 is 5.32 Å². The predicted octanol–water partition coefficient (Wildman–Crippen LogP) is 1.73. The van der Waals surface area contributed by atoms with Gasteiger partial charge >= 0.3 is 5.97 Å². The number of nitrogens with one attached hydrogen (secondary N) is 1. The second-order valence-electron chi connectivity index (χ2n) is 7.13. The summed E-state index contributed by atoms with van der Waals surface area (Å²) < 4.78 is 6.10. The zero-order valence-corrected chi connectivity index (χ0v) is 15.0. The van der Waals surface area contributed by atoms with Gasteiger partial charge in [-0.15, -0.1) is 0 Å². The zero-order chi connectivity index (χ0) is 17.7. The van der Waals surface area contributed by atoms with Crippen LogP contribution in [-0.4, -0.2) is 73.7 Å². The third kappa shape index (κ3) is 4.58. The number of unbranched alkanes of at least 4 members (excludes halogenated alkanes) is 1. The number of benzene rings is 1. The van der Waals surface area contributed by atoms with Gasteiger partial charge in [0.05, 0.1) is 31.8 Å². The molecule has 6 nitrogen and oxygen atoms in total. The molecule has 1 aromatic rings. The number of hydrogen-bond acceptors (Lipinski definition) is 4. The highest BCUT2D eigenvalue weighted by Gasteiger charge is 2.39. The molecule has 0 atom stereocenters. The summed E-state index contributed by atoms with van der Waals surface area (Å²) in [5, 5.41) is 2.96. The maximum Gasteiger partial charge on any atom is 0.338 e. The lowest BCUT2D eigenvalue weighted by Gasteiger charge is -2.50. The van der Waals surface area contributed by atoms with Gasteiger partial charge in [0.15, 0.2) is 6.54 Å². The molecule has 0 aliphatic carbocycles. The molecule has 3 aliphatic rings. The number of hydrogen-bond donors (Lipinski definition) is 1. The van der Waals surface area contributed by atoms with E-state index in [9.17, 15) is 9.59 Å². The zero-order valence-electron chi connectivity index (χ0n) is 15.0. The van der Waals surface area contributed by atoms with E-state index in [1.165, 1.54) is 0 Å². The number of carbonyl (C=O) groups is 2. The number of quaternary nitrogens is 1. The molecule has 6 heteroatoms. The van der Waals surface area contributed by atoms with Gasteiger partial charge in [-0.05, 0) is 30.7 Å². The highest BCUT2D eigenvalue weighted by atomic mass is 16.5. The fraction of sp³-hybridized carbons (Fsp3) is 0.579. The fourth-order valence-electron chi connectivity index (χ4n) is 3.56. The Balaban J connectivity index is 1.51. The number of ether oxygens (including phenoxy) is 1. The van der Waals surface area contributed by atoms with Crippen LogP contribution in [0.5, 0.6) is 0 Å². The van der Waals surface area contributed by atoms with Crippen LogP contribution in [0.25, 0.3) is 0 Å². The minimum Gasteiger partial charge on any atom is -0.462 e. The molecule has 3 aliphatic heterocycles. The van der Waals surface area contributed by atoms with Gasteiger partial charge in [0.25, 0.3) is 5.91 Å². The number of anilines is 1. The summed E-state index contributed by atoms with van der Waals surface area (Å²) >= 11 is 0. The molecule has 1 N–H and O–H groups in total. The molecule has 4 rings (SSSR count). The van der Waals surface area contributed by atoms with Gasteiger partial charge in [-0.1, -0.05) is 13.3 Å². The molecular formula is C19H28N3O3+. The second-order valence-corrected chi connectivity index (χ2v) is 7.13. The molecular weight excluding hydrogens is 318 g/mol. The van der Waals surface area contributed by atoms with E-state index >= 15 is 0 Å². The maximum absolute atomic E-state index is 12.4. The number of rotatable bonds is 7. The molecule has 3 heterocycles. The minimum atomic E-state index is -0.309. The van der Waals surface area contributed by atoms with Gasteiger partial charge in [-0.3, -0.25) is 9.69 Å². The average Bonchev–Trinajstić information content (AvgIpc) is 2.63. The van der Waals surface area contributed by atoms with Crippen molar-refractivity contribution in [1.82, 2.24) is 4.90 Å². The van der Waals surface area contributed by atoms with Crippen LogP contribution in [0.2, 0.25) is 0 Å². The lowest BCUT2D eigenvalue weighted by molar-refractivity contribution is -0.933. The van der Waals surface area contributed by atoms with E-state index in [2.05, 4.69) is 17.1 Å². The first kappa shape index (κ1) is 17.9. The Kier molecular flexibility index (Phi) is 5.71. The number of carbonyl (C=O) groups excluding carboxylic acids is 2. The number of fused-ring (bicyclic) bond motifs is 3. The topological polar surface area (TPSA) is 58.6 Å². The first-order chi connectivity index (χ1) is 12.1. The standard InChI is InChI=1S/C19H27N3O3/c1-2-3-14-25-19(24)16-4-6-17(7-5-16)20-18(23)15-22-11-8-21(9-12-22)10-13-22/h4-7H,2-3,8-15H2,1H3/p+1. The number of esters is 1. The van der Waals surface area contributed by atoms with E-state index in [4.69, 9.17) is 4.74 Å². The highest BCUT2D eigenvalue weighted by molar-refractivity contribution is 5.93. The Hall–Kier alpha value is -1.92. The molecule has 3 saturated heterocycles. The SMILES string of the molecule is CCCCOC(=O)c1ccc(NC(=O)C[N+]23CCN(CC2)CC3)cc1. The van der Waals surface area contributed by atoms with Crippen LogP contribution in [0.3, 0.4) is 0 Å². The largest absolute Gasteiger partial charge is 0.462 e. The summed E-state index contributed by atoms with van der Waals surface area (Å²) in [6, 6.07) is 6.94. The van der Waals surface area contributed by atoms with Crippen LogP contribution in [0.1, 0.15) is 30.1 Å². The Morgan fingerprint density at radius 2 is 1.76 bits per heavy atom. The third-order valence-electron chi connectivity index (χ3n) is 5.29. The van der Waals surface area contributed by atoms with Crippen molar-refractivity contribution in [3.8, 4) is 0 Å². The van der Waals surface area contributed by atoms with Crippen LogP contribution in [0.4, 0.5) is 5.69 Å². The van der Waals surface area contributed by atoms with Gasteiger partial charge in [-0.2, -0.15) is 0 Å². The normalized spacial score (nSPS) is 24.8. The summed E-state index contributed by atoms with van der Waals surface area (Å²) in [5.74, 6) is -0.260. The van der Waals surface area contributed by atoms with Crippen molar-refractivity contribution in [2.45, 2.75) is 19.8 Å². The molecule has 3 fully saturated rings. The van der Waals surface area contributed by atoms with E-state index in [0.717, 1.165) is 62.3 Å². The monoisotopic (exact) mass is 346 g/mol. The number of nitrogens with zero attached hydrogens (tertiary/aromatic N) is 2. The molecule has 136 valence electrons. The quantitative estimate of drug-likeness (QED) is 0.464. The molecule has 1 aromatic carbocycles. The van der Waals surface area contributed by atoms with Crippen molar-refractivity contribution in [2.24, 2.45) is 0 Å². The molecule has 2 bridgehead atoms. The third-order valence-corrected chi connectivity index (χ3v) is 5.29. The summed E-state index contributed by atoms with van der Waals surface area (Å²) in [7, 11) is 0. The maximum atomic E-state index is 12.4. The van der Waals surface area contributed by atoms with Gasteiger partial charge in [0.2, 0.25) is 0 Å². The lowest BCUT2D eigenvalue weighted by atomic mass is 10.1. The molecule has 0 saturated carbocycles. The molecule has 0 spiro atoms. The Morgan fingerprint density at radius 3 is 2.36 bits per heavy atom. The van der Waals surface area contributed by atoms with Crippen molar-refractivity contribution in [3.63, 3.8) is 0 Å². The summed E-state index contributed by atoms with van der Waals surface area (Å²) in [4.78, 5) is 26.8. The van der Waals surface area contributed by atoms with Crippen molar-refractivity contribution in [2.75, 3.05) is 57.7 Å². The van der Waals surface area contributed by atoms with Crippen LogP contribution in [0.15, 0.2) is 24.3 Å². The average molecular weight is 346 g/mol. The number of amides is 1. The van der Waals surface area contributed by atoms with Gasteiger partial charge < -0.3 is 14.5 Å². The molecule has 1 amide bonds. The predicted molar refractivity (Wildman–Crippen MR) is 96.4 cm³/mol. The Bertz CT molecular complexity index is 593. The van der Waals surface area contributed by atoms with E-state index in [-0.39, 0.29) is 11.9 Å². The minimum absolute atomic E-state index is 0.0497. The van der Waals surface area contributed by atoms with Crippen molar-refractivity contribution in [3.05, 3.63) is 29.8 Å². The molecule has 0 radical (unpaired) electrons. The van der Waals surface area contributed by atoms with Crippen molar-refractivity contribution in [1.29, 1.82) is 0 Å². The van der Waals surface area contributed by atoms with Gasteiger partial charge in [0, 0.05) is 25.3 Å². The van der Waals surface area contributed by atoms with E-state index in [1.54, 1.807) is 24.3 Å². The smallest absolute Gasteiger partial charge is 0.338 e. The summed E-state index contributed by atoms with van der Waals surface area (Å²) in [5.41, 5.74) is 1.24. The Labute approximate surface area is 149 Å². The van der Waals surface area contributed by atoms with Crippen LogP contribution >= 0.6 is 0 Å². The highest BCUT2D eigenvalue weighted by Crippen LogP contribution is 2.19. The molecule has 25 heavy (non-hydrogen) atoms. The summed E-state index contributed by atoms with van der Waals surface area (Å²) in [6.45, 7) is 9.54. The lowest BCUT2D eigenvalue weighted by Crippen LogP contribution is -2.68. The van der Waals surface area contributed by atoms with E-state index < -0.39 is 0 Å². The van der Waals surface area contributed by atoms with Crippen molar-refractivity contribution < 1.29 is 18.8 Å². The fourth-order valence-corrected chi connectivity index (χ4v) is 3.56. The molecule has 0 unspecified atom stereocenters. The summed E-state index contributed by atoms with van der Waals surface area (Å²) in [6.07, 6.45) is 1.87. The number of piperazine rings is 3. The van der Waals surface area contributed by atoms with Crippen molar-refractivity contribution >= 4 is 17.6 Å². The molecule has 0 aromatic heterocycles. The second kappa shape index (κ2) is 7.97. The first-order valence-corrected chi connectivity index (χ1v) is 9.25.